The first-order chi connectivity index (χ1) is 9.25. The normalized spacial score (nSPS) is 24.4. The molecule has 2 heterocycles. The van der Waals surface area contributed by atoms with Gasteiger partial charge < -0.3 is 15.0 Å². The Labute approximate surface area is 113 Å². The monoisotopic (exact) mass is 260 g/mol. The third-order valence-electron chi connectivity index (χ3n) is 4.08. The zero-order chi connectivity index (χ0) is 13.2. The minimum atomic E-state index is 0.142. The number of benzene rings is 1. The Balaban J connectivity index is 1.81. The highest BCUT2D eigenvalue weighted by Crippen LogP contribution is 2.34. The molecule has 0 saturated carbocycles. The SMILES string of the molecule is CN1C(=O)CC(NC2CCOCC2)c2ccccc21. The van der Waals surface area contributed by atoms with E-state index in [1.165, 1.54) is 5.56 Å². The molecule has 2 aliphatic rings. The first kappa shape index (κ1) is 12.6. The Morgan fingerprint density at radius 3 is 2.79 bits per heavy atom. The molecule has 0 radical (unpaired) electrons. The van der Waals surface area contributed by atoms with Crippen molar-refractivity contribution in [1.82, 2.24) is 5.32 Å². The van der Waals surface area contributed by atoms with Crippen molar-refractivity contribution in [2.45, 2.75) is 31.3 Å². The van der Waals surface area contributed by atoms with E-state index in [0.29, 0.717) is 12.5 Å². The number of carbonyl (C=O) groups excluding carboxylic acids is 1. The molecule has 19 heavy (non-hydrogen) atoms. The van der Waals surface area contributed by atoms with Crippen LogP contribution >= 0.6 is 0 Å². The van der Waals surface area contributed by atoms with Gasteiger partial charge in [-0.05, 0) is 24.5 Å². The Kier molecular flexibility index (Phi) is 3.53. The van der Waals surface area contributed by atoms with Crippen molar-refractivity contribution in [3.63, 3.8) is 0 Å². The number of para-hydroxylation sites is 1. The number of anilines is 1. The number of hydrogen-bond donors (Lipinski definition) is 1. The number of carbonyl (C=O) groups is 1. The summed E-state index contributed by atoms with van der Waals surface area (Å²) in [6.45, 7) is 1.64. The van der Waals surface area contributed by atoms with Crippen LogP contribution in [0.1, 0.15) is 30.9 Å². The van der Waals surface area contributed by atoms with Crippen molar-refractivity contribution in [2.75, 3.05) is 25.2 Å². The number of hydrogen-bond acceptors (Lipinski definition) is 3. The van der Waals surface area contributed by atoms with Crippen LogP contribution in [0.4, 0.5) is 5.69 Å². The number of ether oxygens (including phenoxy) is 1. The van der Waals surface area contributed by atoms with Crippen LogP contribution in [0.15, 0.2) is 24.3 Å². The van der Waals surface area contributed by atoms with Gasteiger partial charge in [0, 0.05) is 44.5 Å². The van der Waals surface area contributed by atoms with Crippen LogP contribution in [0.2, 0.25) is 0 Å². The highest BCUT2D eigenvalue weighted by molar-refractivity contribution is 5.96. The second kappa shape index (κ2) is 5.31. The first-order valence-corrected chi connectivity index (χ1v) is 6.95. The predicted octanol–water partition coefficient (Wildman–Crippen LogP) is 1.86. The molecule has 1 amide bonds. The van der Waals surface area contributed by atoms with Gasteiger partial charge in [-0.1, -0.05) is 18.2 Å². The summed E-state index contributed by atoms with van der Waals surface area (Å²) in [6, 6.07) is 8.77. The van der Waals surface area contributed by atoms with Crippen molar-refractivity contribution < 1.29 is 9.53 Å². The summed E-state index contributed by atoms with van der Waals surface area (Å²) in [7, 11) is 1.85. The van der Waals surface area contributed by atoms with Gasteiger partial charge in [0.25, 0.3) is 0 Å². The molecule has 1 aromatic carbocycles. The first-order valence-electron chi connectivity index (χ1n) is 6.95. The molecule has 3 rings (SSSR count). The van der Waals surface area contributed by atoms with Crippen LogP contribution in [-0.4, -0.2) is 32.2 Å². The van der Waals surface area contributed by atoms with E-state index < -0.39 is 0 Å². The van der Waals surface area contributed by atoms with Crippen LogP contribution in [0.5, 0.6) is 0 Å². The summed E-state index contributed by atoms with van der Waals surface area (Å²) in [5.74, 6) is 0.184. The van der Waals surface area contributed by atoms with Gasteiger partial charge in [-0.15, -0.1) is 0 Å². The molecule has 1 atom stereocenters. The Hall–Kier alpha value is -1.39. The molecule has 2 aliphatic heterocycles. The summed E-state index contributed by atoms with van der Waals surface area (Å²) in [5.41, 5.74) is 2.26. The summed E-state index contributed by atoms with van der Waals surface area (Å²) < 4.78 is 5.38. The Morgan fingerprint density at radius 1 is 1.26 bits per heavy atom. The standard InChI is InChI=1S/C15H20N2O2/c1-17-14-5-3-2-4-12(14)13(10-15(17)18)16-11-6-8-19-9-7-11/h2-5,11,13,16H,6-10H2,1H3. The van der Waals surface area contributed by atoms with Crippen molar-refractivity contribution in [3.05, 3.63) is 29.8 Å². The molecule has 0 aliphatic carbocycles. The zero-order valence-corrected chi connectivity index (χ0v) is 11.3. The lowest BCUT2D eigenvalue weighted by Crippen LogP contribution is -2.43. The van der Waals surface area contributed by atoms with Crippen LogP contribution in [0, 0.1) is 0 Å². The van der Waals surface area contributed by atoms with Crippen molar-refractivity contribution >= 4 is 11.6 Å². The molecule has 0 aromatic heterocycles. The quantitative estimate of drug-likeness (QED) is 0.882. The van der Waals surface area contributed by atoms with E-state index in [2.05, 4.69) is 11.4 Å². The molecule has 4 nitrogen and oxygen atoms in total. The van der Waals surface area contributed by atoms with Crippen LogP contribution in [0.25, 0.3) is 0 Å². The minimum Gasteiger partial charge on any atom is -0.381 e. The van der Waals surface area contributed by atoms with E-state index in [-0.39, 0.29) is 11.9 Å². The maximum atomic E-state index is 12.1. The topological polar surface area (TPSA) is 41.6 Å². The third-order valence-corrected chi connectivity index (χ3v) is 4.08. The Morgan fingerprint density at radius 2 is 2.00 bits per heavy atom. The molecule has 1 saturated heterocycles. The van der Waals surface area contributed by atoms with Crippen molar-refractivity contribution in [2.24, 2.45) is 0 Å². The molecule has 102 valence electrons. The van der Waals surface area contributed by atoms with Gasteiger partial charge >= 0.3 is 0 Å². The molecule has 4 heteroatoms. The number of nitrogens with zero attached hydrogens (tertiary/aromatic N) is 1. The van der Waals surface area contributed by atoms with E-state index in [1.807, 2.05) is 25.2 Å². The lowest BCUT2D eigenvalue weighted by Gasteiger charge is -2.35. The molecule has 0 bridgehead atoms. The molecule has 1 N–H and O–H groups in total. The largest absolute Gasteiger partial charge is 0.381 e. The predicted molar refractivity (Wildman–Crippen MR) is 74.2 cm³/mol. The summed E-state index contributed by atoms with van der Waals surface area (Å²) in [4.78, 5) is 13.8. The van der Waals surface area contributed by atoms with Crippen LogP contribution < -0.4 is 10.2 Å². The average Bonchev–Trinajstić information content (AvgIpc) is 2.46. The minimum absolute atomic E-state index is 0.142. The lowest BCUT2D eigenvalue weighted by molar-refractivity contribution is -0.119. The summed E-state index contributed by atoms with van der Waals surface area (Å²) in [6.07, 6.45) is 2.61. The summed E-state index contributed by atoms with van der Waals surface area (Å²) >= 11 is 0. The highest BCUT2D eigenvalue weighted by atomic mass is 16.5. The Bertz CT molecular complexity index is 469. The van der Waals surface area contributed by atoms with Gasteiger partial charge in [0.05, 0.1) is 0 Å². The fraction of sp³-hybridized carbons (Fsp3) is 0.533. The zero-order valence-electron chi connectivity index (χ0n) is 11.3. The molecular formula is C15H20N2O2. The molecule has 1 fully saturated rings. The van der Waals surface area contributed by atoms with E-state index in [1.54, 1.807) is 4.90 Å². The number of fused-ring (bicyclic) bond motifs is 1. The van der Waals surface area contributed by atoms with Crippen molar-refractivity contribution in [3.8, 4) is 0 Å². The second-order valence-corrected chi connectivity index (χ2v) is 5.32. The average molecular weight is 260 g/mol. The highest BCUT2D eigenvalue weighted by Gasteiger charge is 2.30. The smallest absolute Gasteiger partial charge is 0.228 e. The fourth-order valence-electron chi connectivity index (χ4n) is 2.94. The van der Waals surface area contributed by atoms with Gasteiger partial charge in [0.1, 0.15) is 0 Å². The number of amides is 1. The van der Waals surface area contributed by atoms with Gasteiger partial charge in [-0.3, -0.25) is 4.79 Å². The van der Waals surface area contributed by atoms with E-state index >= 15 is 0 Å². The van der Waals surface area contributed by atoms with E-state index in [9.17, 15) is 4.79 Å². The molecule has 0 spiro atoms. The lowest BCUT2D eigenvalue weighted by atomic mass is 9.94. The second-order valence-electron chi connectivity index (χ2n) is 5.32. The fourth-order valence-corrected chi connectivity index (χ4v) is 2.94. The molecular weight excluding hydrogens is 240 g/mol. The van der Waals surface area contributed by atoms with Crippen molar-refractivity contribution in [1.29, 1.82) is 0 Å². The number of rotatable bonds is 2. The molecule has 1 unspecified atom stereocenters. The van der Waals surface area contributed by atoms with E-state index in [4.69, 9.17) is 4.74 Å². The van der Waals surface area contributed by atoms with E-state index in [0.717, 1.165) is 31.7 Å². The van der Waals surface area contributed by atoms with Gasteiger partial charge in [0.15, 0.2) is 0 Å². The molecule has 1 aromatic rings. The maximum absolute atomic E-state index is 12.1. The third kappa shape index (κ3) is 2.51. The van der Waals surface area contributed by atoms with Gasteiger partial charge in [-0.2, -0.15) is 0 Å². The van der Waals surface area contributed by atoms with Gasteiger partial charge in [-0.25, -0.2) is 0 Å². The van der Waals surface area contributed by atoms with Crippen LogP contribution in [-0.2, 0) is 9.53 Å². The summed E-state index contributed by atoms with van der Waals surface area (Å²) in [5, 5.41) is 3.64. The maximum Gasteiger partial charge on any atom is 0.228 e. The van der Waals surface area contributed by atoms with Crippen LogP contribution in [0.3, 0.4) is 0 Å². The number of nitrogens with one attached hydrogen (secondary N) is 1. The van der Waals surface area contributed by atoms with Gasteiger partial charge in [0.2, 0.25) is 5.91 Å².